The summed E-state index contributed by atoms with van der Waals surface area (Å²) in [4.78, 5) is 12.7. The number of nitrogens with one attached hydrogen (secondary N) is 2. The van der Waals surface area contributed by atoms with Gasteiger partial charge in [-0.1, -0.05) is 6.92 Å². The van der Waals surface area contributed by atoms with Gasteiger partial charge < -0.3 is 20.1 Å². The van der Waals surface area contributed by atoms with Gasteiger partial charge in [0.25, 0.3) is 0 Å². The van der Waals surface area contributed by atoms with Crippen molar-refractivity contribution in [3.05, 3.63) is 0 Å². The summed E-state index contributed by atoms with van der Waals surface area (Å²) in [6.07, 6.45) is 1.02. The van der Waals surface area contributed by atoms with Gasteiger partial charge in [-0.15, -0.1) is 0 Å². The largest absolute Gasteiger partial charge is 0.461 e. The van der Waals surface area contributed by atoms with Crippen molar-refractivity contribution in [2.45, 2.75) is 33.3 Å². The highest BCUT2D eigenvalue weighted by molar-refractivity contribution is 5.35. The third-order valence-electron chi connectivity index (χ3n) is 2.08. The van der Waals surface area contributed by atoms with Gasteiger partial charge >= 0.3 is 6.01 Å². The third kappa shape index (κ3) is 6.19. The summed E-state index contributed by atoms with van der Waals surface area (Å²) in [5.41, 5.74) is 0. The van der Waals surface area contributed by atoms with Crippen molar-refractivity contribution in [2.24, 2.45) is 0 Å². The van der Waals surface area contributed by atoms with E-state index in [1.54, 1.807) is 7.11 Å². The molecule has 0 unspecified atom stereocenters. The number of aromatic nitrogens is 3. The second-order valence-corrected chi connectivity index (χ2v) is 4.28. The first-order valence-electron chi connectivity index (χ1n) is 6.55. The fourth-order valence-corrected chi connectivity index (χ4v) is 1.28. The van der Waals surface area contributed by atoms with E-state index in [1.165, 1.54) is 0 Å². The van der Waals surface area contributed by atoms with E-state index in [1.807, 2.05) is 13.8 Å². The topological polar surface area (TPSA) is 81.2 Å². The summed E-state index contributed by atoms with van der Waals surface area (Å²) in [6, 6.07) is 0.323. The van der Waals surface area contributed by atoms with Gasteiger partial charge in [0.1, 0.15) is 0 Å². The molecular formula is C12H23N5O2. The highest BCUT2D eigenvalue weighted by Crippen LogP contribution is 2.12. The van der Waals surface area contributed by atoms with Crippen LogP contribution < -0.4 is 15.4 Å². The zero-order chi connectivity index (χ0) is 14.1. The van der Waals surface area contributed by atoms with Crippen molar-refractivity contribution in [1.82, 2.24) is 15.0 Å². The van der Waals surface area contributed by atoms with Gasteiger partial charge in [0.2, 0.25) is 11.9 Å². The molecule has 1 rings (SSSR count). The van der Waals surface area contributed by atoms with Gasteiger partial charge in [-0.2, -0.15) is 15.0 Å². The monoisotopic (exact) mass is 269 g/mol. The quantitative estimate of drug-likeness (QED) is 0.658. The van der Waals surface area contributed by atoms with E-state index >= 15 is 0 Å². The maximum Gasteiger partial charge on any atom is 0.323 e. The average molecular weight is 269 g/mol. The standard InChI is InChI=1S/C12H23N5O2/c1-5-6-13-10-15-11(14-7-8-18-4)17-12(16-10)19-9(2)3/h9H,5-8H2,1-4H3,(H2,13,14,15,16,17). The Morgan fingerprint density at radius 3 is 2.21 bits per heavy atom. The molecule has 0 aromatic carbocycles. The maximum atomic E-state index is 5.51. The van der Waals surface area contributed by atoms with Gasteiger partial charge in [0.15, 0.2) is 0 Å². The first-order valence-corrected chi connectivity index (χ1v) is 6.55. The van der Waals surface area contributed by atoms with Crippen molar-refractivity contribution in [1.29, 1.82) is 0 Å². The molecule has 0 spiro atoms. The van der Waals surface area contributed by atoms with Gasteiger partial charge in [-0.3, -0.25) is 0 Å². The molecule has 0 aliphatic heterocycles. The molecule has 0 saturated heterocycles. The van der Waals surface area contributed by atoms with Crippen molar-refractivity contribution >= 4 is 11.9 Å². The summed E-state index contributed by atoms with van der Waals surface area (Å²) in [6.45, 7) is 7.97. The van der Waals surface area contributed by atoms with Gasteiger partial charge in [0.05, 0.1) is 12.7 Å². The van der Waals surface area contributed by atoms with E-state index in [4.69, 9.17) is 9.47 Å². The van der Waals surface area contributed by atoms with Crippen molar-refractivity contribution < 1.29 is 9.47 Å². The highest BCUT2D eigenvalue weighted by Gasteiger charge is 2.08. The Kier molecular flexibility index (Phi) is 6.88. The zero-order valence-corrected chi connectivity index (χ0v) is 12.1. The molecule has 0 saturated carbocycles. The molecule has 1 heterocycles. The van der Waals surface area contributed by atoms with E-state index < -0.39 is 0 Å². The second-order valence-electron chi connectivity index (χ2n) is 4.28. The van der Waals surface area contributed by atoms with Crippen LogP contribution >= 0.6 is 0 Å². The van der Waals surface area contributed by atoms with Crippen LogP contribution in [0.1, 0.15) is 27.2 Å². The number of hydrogen-bond donors (Lipinski definition) is 2. The number of hydrogen-bond acceptors (Lipinski definition) is 7. The minimum Gasteiger partial charge on any atom is -0.461 e. The lowest BCUT2D eigenvalue weighted by Gasteiger charge is -2.11. The summed E-state index contributed by atoms with van der Waals surface area (Å²) in [5.74, 6) is 1.01. The van der Waals surface area contributed by atoms with Crippen LogP contribution in [0.3, 0.4) is 0 Å². The first-order chi connectivity index (χ1) is 9.15. The van der Waals surface area contributed by atoms with E-state index in [2.05, 4.69) is 32.5 Å². The van der Waals surface area contributed by atoms with Crippen molar-refractivity contribution in [2.75, 3.05) is 37.4 Å². The number of methoxy groups -OCH3 is 1. The van der Waals surface area contributed by atoms with E-state index in [0.717, 1.165) is 13.0 Å². The minimum absolute atomic E-state index is 0.0215. The fraction of sp³-hybridized carbons (Fsp3) is 0.750. The molecule has 19 heavy (non-hydrogen) atoms. The van der Waals surface area contributed by atoms with Gasteiger partial charge in [0, 0.05) is 20.2 Å². The molecule has 0 radical (unpaired) electrons. The first kappa shape index (κ1) is 15.4. The van der Waals surface area contributed by atoms with Crippen LogP contribution in [0, 0.1) is 0 Å². The molecule has 7 heteroatoms. The summed E-state index contributed by atoms with van der Waals surface area (Å²) < 4.78 is 10.5. The normalized spacial score (nSPS) is 10.6. The molecule has 2 N–H and O–H groups in total. The van der Waals surface area contributed by atoms with Gasteiger partial charge in [-0.25, -0.2) is 0 Å². The Bertz CT molecular complexity index is 373. The average Bonchev–Trinajstić information content (AvgIpc) is 2.36. The van der Waals surface area contributed by atoms with Gasteiger partial charge in [-0.05, 0) is 20.3 Å². The Balaban J connectivity index is 2.75. The SMILES string of the molecule is CCCNc1nc(NCCOC)nc(OC(C)C)n1. The van der Waals surface area contributed by atoms with Crippen LogP contribution in [-0.2, 0) is 4.74 Å². The van der Waals surface area contributed by atoms with Crippen LogP contribution in [0.25, 0.3) is 0 Å². The van der Waals surface area contributed by atoms with Crippen molar-refractivity contribution in [3.8, 4) is 6.01 Å². The van der Waals surface area contributed by atoms with Crippen molar-refractivity contribution in [3.63, 3.8) is 0 Å². The predicted octanol–water partition coefficient (Wildman–Crippen LogP) is 1.54. The van der Waals surface area contributed by atoms with Crippen LogP contribution in [0.2, 0.25) is 0 Å². The lowest BCUT2D eigenvalue weighted by molar-refractivity contribution is 0.210. The maximum absolute atomic E-state index is 5.51. The molecule has 0 fully saturated rings. The molecule has 0 aliphatic rings. The Labute approximate surface area is 114 Å². The Morgan fingerprint density at radius 1 is 1.05 bits per heavy atom. The van der Waals surface area contributed by atoms with Crippen LogP contribution in [0.4, 0.5) is 11.9 Å². The molecule has 1 aromatic heterocycles. The predicted molar refractivity (Wildman–Crippen MR) is 74.7 cm³/mol. The van der Waals surface area contributed by atoms with E-state index in [9.17, 15) is 0 Å². The highest BCUT2D eigenvalue weighted by atomic mass is 16.5. The number of rotatable bonds is 9. The lowest BCUT2D eigenvalue weighted by atomic mass is 10.5. The summed E-state index contributed by atoms with van der Waals surface area (Å²) in [5, 5.41) is 6.19. The van der Waals surface area contributed by atoms with Crippen LogP contribution in [0.5, 0.6) is 6.01 Å². The van der Waals surface area contributed by atoms with Crippen LogP contribution in [-0.4, -0.2) is 47.9 Å². The molecule has 0 atom stereocenters. The fourth-order valence-electron chi connectivity index (χ4n) is 1.28. The minimum atomic E-state index is 0.0215. The molecule has 0 amide bonds. The smallest absolute Gasteiger partial charge is 0.323 e. The molecule has 0 aliphatic carbocycles. The molecular weight excluding hydrogens is 246 g/mol. The third-order valence-corrected chi connectivity index (χ3v) is 2.08. The molecule has 0 bridgehead atoms. The van der Waals surface area contributed by atoms with E-state index in [0.29, 0.717) is 31.1 Å². The second kappa shape index (κ2) is 8.47. The molecule has 7 nitrogen and oxygen atoms in total. The van der Waals surface area contributed by atoms with Crippen LogP contribution in [0.15, 0.2) is 0 Å². The zero-order valence-electron chi connectivity index (χ0n) is 12.1. The molecule has 1 aromatic rings. The molecule has 108 valence electrons. The lowest BCUT2D eigenvalue weighted by Crippen LogP contribution is -2.15. The summed E-state index contributed by atoms with van der Waals surface area (Å²) >= 11 is 0. The number of nitrogens with zero attached hydrogens (tertiary/aromatic N) is 3. The Hall–Kier alpha value is -1.63. The number of ether oxygens (including phenoxy) is 2. The van der Waals surface area contributed by atoms with E-state index in [-0.39, 0.29) is 6.10 Å². The Morgan fingerprint density at radius 2 is 1.68 bits per heavy atom. The number of anilines is 2. The summed E-state index contributed by atoms with van der Waals surface area (Å²) in [7, 11) is 1.65.